The lowest BCUT2D eigenvalue weighted by Gasteiger charge is -2.29. The van der Waals surface area contributed by atoms with E-state index in [9.17, 15) is 8.78 Å². The number of hydrogen-bond acceptors (Lipinski definition) is 1. The summed E-state index contributed by atoms with van der Waals surface area (Å²) in [6, 6.07) is 0.126. The minimum absolute atomic E-state index is 0.0224. The SMILES string of the molecule is CN=C(NC)NC1CCC(F)(F)CC1. The van der Waals surface area contributed by atoms with E-state index in [0.29, 0.717) is 18.8 Å². The van der Waals surface area contributed by atoms with E-state index in [2.05, 4.69) is 15.6 Å². The molecule has 5 heteroatoms. The molecule has 0 heterocycles. The van der Waals surface area contributed by atoms with Crippen molar-refractivity contribution in [3.8, 4) is 0 Å². The van der Waals surface area contributed by atoms with Crippen LogP contribution in [0.5, 0.6) is 0 Å². The Labute approximate surface area is 83.0 Å². The van der Waals surface area contributed by atoms with Crippen molar-refractivity contribution in [3.05, 3.63) is 0 Å². The minimum Gasteiger partial charge on any atom is -0.359 e. The Morgan fingerprint density at radius 1 is 1.36 bits per heavy atom. The zero-order valence-corrected chi connectivity index (χ0v) is 8.61. The van der Waals surface area contributed by atoms with Crippen LogP contribution < -0.4 is 10.6 Å². The van der Waals surface area contributed by atoms with Crippen LogP contribution in [0.3, 0.4) is 0 Å². The van der Waals surface area contributed by atoms with Crippen LogP contribution in [0.1, 0.15) is 25.7 Å². The van der Waals surface area contributed by atoms with Crippen LogP contribution in [-0.4, -0.2) is 32.0 Å². The summed E-state index contributed by atoms with van der Waals surface area (Å²) in [5.41, 5.74) is 0. The van der Waals surface area contributed by atoms with Gasteiger partial charge in [-0.05, 0) is 12.8 Å². The predicted molar refractivity (Wildman–Crippen MR) is 52.8 cm³/mol. The monoisotopic (exact) mass is 205 g/mol. The molecular formula is C9H17F2N3. The molecule has 0 unspecified atom stereocenters. The van der Waals surface area contributed by atoms with Crippen molar-refractivity contribution in [1.29, 1.82) is 0 Å². The van der Waals surface area contributed by atoms with E-state index in [1.165, 1.54) is 0 Å². The van der Waals surface area contributed by atoms with Crippen LogP contribution in [0.25, 0.3) is 0 Å². The average Bonchev–Trinajstić information content (AvgIpc) is 2.16. The normalized spacial score (nSPS) is 23.3. The second kappa shape index (κ2) is 4.57. The van der Waals surface area contributed by atoms with Gasteiger partial charge in [-0.3, -0.25) is 4.99 Å². The zero-order valence-electron chi connectivity index (χ0n) is 8.61. The van der Waals surface area contributed by atoms with E-state index in [1.807, 2.05) is 0 Å². The van der Waals surface area contributed by atoms with Crippen LogP contribution in [0.4, 0.5) is 8.78 Å². The third-order valence-electron chi connectivity index (χ3n) is 2.52. The summed E-state index contributed by atoms with van der Waals surface area (Å²) in [5, 5.41) is 5.97. The smallest absolute Gasteiger partial charge is 0.248 e. The molecule has 0 aromatic rings. The predicted octanol–water partition coefficient (Wildman–Crippen LogP) is 1.36. The van der Waals surface area contributed by atoms with Gasteiger partial charge in [-0.1, -0.05) is 0 Å². The van der Waals surface area contributed by atoms with Crippen LogP contribution in [0, 0.1) is 0 Å². The first-order chi connectivity index (χ1) is 6.57. The lowest BCUT2D eigenvalue weighted by Crippen LogP contribution is -2.44. The molecule has 1 fully saturated rings. The van der Waals surface area contributed by atoms with Crippen LogP contribution in [-0.2, 0) is 0 Å². The molecule has 82 valence electrons. The molecule has 0 aromatic carbocycles. The lowest BCUT2D eigenvalue weighted by molar-refractivity contribution is -0.0390. The van der Waals surface area contributed by atoms with Crippen molar-refractivity contribution in [1.82, 2.24) is 10.6 Å². The van der Waals surface area contributed by atoms with Gasteiger partial charge >= 0.3 is 0 Å². The molecule has 0 bridgehead atoms. The summed E-state index contributed by atoms with van der Waals surface area (Å²) in [7, 11) is 3.42. The Bertz CT molecular complexity index is 206. The van der Waals surface area contributed by atoms with Gasteiger partial charge in [0.05, 0.1) is 0 Å². The highest BCUT2D eigenvalue weighted by Crippen LogP contribution is 2.32. The van der Waals surface area contributed by atoms with Crippen molar-refractivity contribution >= 4 is 5.96 Å². The van der Waals surface area contributed by atoms with Crippen molar-refractivity contribution in [2.24, 2.45) is 4.99 Å². The Hall–Kier alpha value is -0.870. The van der Waals surface area contributed by atoms with Gasteiger partial charge in [0.1, 0.15) is 0 Å². The molecule has 0 aliphatic heterocycles. The average molecular weight is 205 g/mol. The van der Waals surface area contributed by atoms with Crippen molar-refractivity contribution in [2.75, 3.05) is 14.1 Å². The highest BCUT2D eigenvalue weighted by atomic mass is 19.3. The minimum atomic E-state index is -2.46. The van der Waals surface area contributed by atoms with Gasteiger partial charge in [0.15, 0.2) is 5.96 Å². The Morgan fingerprint density at radius 2 is 1.93 bits per heavy atom. The number of halogens is 2. The van der Waals surface area contributed by atoms with E-state index < -0.39 is 5.92 Å². The molecule has 2 N–H and O–H groups in total. The fourth-order valence-electron chi connectivity index (χ4n) is 1.63. The first-order valence-corrected chi connectivity index (χ1v) is 4.86. The lowest BCUT2D eigenvalue weighted by atomic mass is 9.92. The van der Waals surface area contributed by atoms with Crippen LogP contribution >= 0.6 is 0 Å². The second-order valence-corrected chi connectivity index (χ2v) is 3.60. The summed E-state index contributed by atoms with van der Waals surface area (Å²) in [5.74, 6) is -1.79. The first-order valence-electron chi connectivity index (χ1n) is 4.86. The molecule has 14 heavy (non-hydrogen) atoms. The number of alkyl halides is 2. The van der Waals surface area contributed by atoms with Gasteiger partial charge in [-0.2, -0.15) is 0 Å². The van der Waals surface area contributed by atoms with Gasteiger partial charge in [-0.15, -0.1) is 0 Å². The highest BCUT2D eigenvalue weighted by Gasteiger charge is 2.34. The molecule has 0 spiro atoms. The molecule has 1 aliphatic rings. The topological polar surface area (TPSA) is 36.4 Å². The third kappa shape index (κ3) is 3.12. The van der Waals surface area contributed by atoms with Gasteiger partial charge in [0, 0.05) is 33.0 Å². The molecule has 0 saturated heterocycles. The highest BCUT2D eigenvalue weighted by molar-refractivity contribution is 5.79. The van der Waals surface area contributed by atoms with Crippen molar-refractivity contribution < 1.29 is 8.78 Å². The zero-order chi connectivity index (χ0) is 10.6. The molecule has 1 rings (SSSR count). The summed E-state index contributed by atoms with van der Waals surface area (Å²) in [4.78, 5) is 3.94. The van der Waals surface area contributed by atoms with E-state index >= 15 is 0 Å². The maximum atomic E-state index is 12.8. The number of aliphatic imine (C=N–C) groups is 1. The number of rotatable bonds is 1. The Morgan fingerprint density at radius 3 is 2.36 bits per heavy atom. The number of hydrogen-bond donors (Lipinski definition) is 2. The van der Waals surface area contributed by atoms with E-state index in [4.69, 9.17) is 0 Å². The summed E-state index contributed by atoms with van der Waals surface area (Å²) in [6.45, 7) is 0. The Kier molecular flexibility index (Phi) is 3.66. The fraction of sp³-hybridized carbons (Fsp3) is 0.889. The van der Waals surface area contributed by atoms with E-state index in [1.54, 1.807) is 14.1 Å². The molecule has 0 radical (unpaired) electrons. The molecule has 0 atom stereocenters. The van der Waals surface area contributed by atoms with Crippen molar-refractivity contribution in [3.63, 3.8) is 0 Å². The summed E-state index contributed by atoms with van der Waals surface area (Å²) >= 11 is 0. The third-order valence-corrected chi connectivity index (χ3v) is 2.52. The van der Waals surface area contributed by atoms with Crippen molar-refractivity contribution in [2.45, 2.75) is 37.6 Å². The van der Waals surface area contributed by atoms with Crippen LogP contribution in [0.2, 0.25) is 0 Å². The number of guanidine groups is 1. The van der Waals surface area contributed by atoms with Gasteiger partial charge in [0.25, 0.3) is 0 Å². The van der Waals surface area contributed by atoms with Gasteiger partial charge in [-0.25, -0.2) is 8.78 Å². The first kappa shape index (κ1) is 11.2. The quantitative estimate of drug-likeness (QED) is 0.501. The number of nitrogens with one attached hydrogen (secondary N) is 2. The largest absolute Gasteiger partial charge is 0.359 e. The van der Waals surface area contributed by atoms with Gasteiger partial charge < -0.3 is 10.6 Å². The summed E-state index contributed by atoms with van der Waals surface area (Å²) < 4.78 is 25.6. The molecule has 1 saturated carbocycles. The summed E-state index contributed by atoms with van der Waals surface area (Å²) in [6.07, 6.45) is 0.970. The molecule has 3 nitrogen and oxygen atoms in total. The van der Waals surface area contributed by atoms with E-state index in [0.717, 1.165) is 0 Å². The van der Waals surface area contributed by atoms with E-state index in [-0.39, 0.29) is 18.9 Å². The fourth-order valence-corrected chi connectivity index (χ4v) is 1.63. The molecule has 0 amide bonds. The maximum Gasteiger partial charge on any atom is 0.248 e. The maximum absolute atomic E-state index is 12.8. The molecule has 1 aliphatic carbocycles. The van der Waals surface area contributed by atoms with Gasteiger partial charge in [0.2, 0.25) is 5.92 Å². The molecular weight excluding hydrogens is 188 g/mol. The van der Waals surface area contributed by atoms with Crippen LogP contribution in [0.15, 0.2) is 4.99 Å². The molecule has 0 aromatic heterocycles. The second-order valence-electron chi connectivity index (χ2n) is 3.60. The Balaban J connectivity index is 2.36. The standard InChI is InChI=1S/C9H17F2N3/c1-12-8(13-2)14-7-3-5-9(10,11)6-4-7/h7H,3-6H2,1-2H3,(H2,12,13,14). The number of nitrogens with zero attached hydrogens (tertiary/aromatic N) is 1.